The zero-order valence-corrected chi connectivity index (χ0v) is 10.8. The number of benzene rings is 1. The summed E-state index contributed by atoms with van der Waals surface area (Å²) in [5.41, 5.74) is 7.27. The molecule has 0 aliphatic carbocycles. The lowest BCUT2D eigenvalue weighted by atomic mass is 10.1. The van der Waals surface area contributed by atoms with Gasteiger partial charge in [-0.2, -0.15) is 0 Å². The number of hydrogen-bond donors (Lipinski definition) is 2. The zero-order valence-electron chi connectivity index (χ0n) is 10.8. The van der Waals surface area contributed by atoms with Crippen molar-refractivity contribution in [1.82, 2.24) is 5.32 Å². The number of nitrogens with two attached hydrogens (primary N) is 1. The highest BCUT2D eigenvalue weighted by atomic mass is 16.5. The zero-order chi connectivity index (χ0) is 13.7. The summed E-state index contributed by atoms with van der Waals surface area (Å²) in [5.74, 6) is -0.856. The summed E-state index contributed by atoms with van der Waals surface area (Å²) < 4.78 is 5.08. The number of hydrogen-bond acceptors (Lipinski definition) is 4. The van der Waals surface area contributed by atoms with Gasteiger partial charge in [-0.1, -0.05) is 6.07 Å². The largest absolute Gasteiger partial charge is 0.449 e. The predicted molar refractivity (Wildman–Crippen MR) is 69.2 cm³/mol. The third kappa shape index (κ3) is 3.23. The van der Waals surface area contributed by atoms with Gasteiger partial charge in [-0.05, 0) is 38.5 Å². The van der Waals surface area contributed by atoms with Gasteiger partial charge in [-0.25, -0.2) is 4.79 Å². The molecule has 1 rings (SSSR count). The molecule has 5 nitrogen and oxygen atoms in total. The maximum Gasteiger partial charge on any atom is 0.339 e. The van der Waals surface area contributed by atoms with Crippen molar-refractivity contribution < 1.29 is 14.3 Å². The van der Waals surface area contributed by atoms with E-state index in [-0.39, 0.29) is 5.91 Å². The second-order valence-electron chi connectivity index (χ2n) is 3.96. The van der Waals surface area contributed by atoms with Crippen LogP contribution >= 0.6 is 0 Å². The number of anilines is 1. The lowest BCUT2D eigenvalue weighted by Gasteiger charge is -2.14. The van der Waals surface area contributed by atoms with E-state index >= 15 is 0 Å². The molecule has 0 saturated carbocycles. The Labute approximate surface area is 106 Å². The van der Waals surface area contributed by atoms with Crippen LogP contribution in [0.2, 0.25) is 0 Å². The molecule has 0 bridgehead atoms. The molecule has 3 N–H and O–H groups in total. The maximum atomic E-state index is 11.9. The Morgan fingerprint density at radius 1 is 1.44 bits per heavy atom. The summed E-state index contributed by atoms with van der Waals surface area (Å²) in [6, 6.07) is 5.01. The molecule has 0 heterocycles. The molecule has 18 heavy (non-hydrogen) atoms. The quantitative estimate of drug-likeness (QED) is 0.622. The fourth-order valence-corrected chi connectivity index (χ4v) is 1.47. The van der Waals surface area contributed by atoms with Crippen LogP contribution in [0.3, 0.4) is 0 Å². The Kier molecular flexibility index (Phi) is 4.71. The molecule has 0 radical (unpaired) electrons. The van der Waals surface area contributed by atoms with Crippen LogP contribution in [0, 0.1) is 6.92 Å². The Morgan fingerprint density at radius 2 is 2.11 bits per heavy atom. The van der Waals surface area contributed by atoms with E-state index in [0.717, 1.165) is 0 Å². The van der Waals surface area contributed by atoms with Crippen molar-refractivity contribution in [3.63, 3.8) is 0 Å². The molecule has 0 saturated heterocycles. The van der Waals surface area contributed by atoms with Gasteiger partial charge in [0.2, 0.25) is 0 Å². The first kappa shape index (κ1) is 14.0. The van der Waals surface area contributed by atoms with Crippen LogP contribution in [0.4, 0.5) is 5.69 Å². The van der Waals surface area contributed by atoms with Crippen LogP contribution in [0.15, 0.2) is 18.2 Å². The number of amides is 1. The Hall–Kier alpha value is -2.04. The Balaban J connectivity index is 2.77. The van der Waals surface area contributed by atoms with E-state index in [0.29, 0.717) is 23.4 Å². The number of rotatable bonds is 4. The smallest absolute Gasteiger partial charge is 0.339 e. The Bertz CT molecular complexity index is 458. The number of nitrogens with one attached hydrogen (secondary N) is 1. The van der Waals surface area contributed by atoms with Crippen molar-refractivity contribution in [2.45, 2.75) is 26.9 Å². The number of likely N-dealkylation sites (N-methyl/N-ethyl adjacent to an activating group) is 1. The summed E-state index contributed by atoms with van der Waals surface area (Å²) >= 11 is 0. The highest BCUT2D eigenvalue weighted by Crippen LogP contribution is 2.16. The first-order chi connectivity index (χ1) is 8.47. The molecule has 5 heteroatoms. The predicted octanol–water partition coefficient (Wildman–Crippen LogP) is 1.26. The molecule has 0 aliphatic rings. The number of carbonyl (C=O) groups excluding carboxylic acids is 2. The lowest BCUT2D eigenvalue weighted by molar-refractivity contribution is -0.128. The molecule has 1 unspecified atom stereocenters. The minimum atomic E-state index is -0.821. The molecule has 0 aromatic heterocycles. The molecule has 0 fully saturated rings. The van der Waals surface area contributed by atoms with E-state index in [2.05, 4.69) is 5.32 Å². The second kappa shape index (κ2) is 6.05. The van der Waals surface area contributed by atoms with Gasteiger partial charge in [-0.15, -0.1) is 0 Å². The van der Waals surface area contributed by atoms with Crippen molar-refractivity contribution in [2.75, 3.05) is 12.3 Å². The van der Waals surface area contributed by atoms with Crippen molar-refractivity contribution in [3.8, 4) is 0 Å². The van der Waals surface area contributed by atoms with Crippen LogP contribution in [-0.4, -0.2) is 24.5 Å². The maximum absolute atomic E-state index is 11.9. The second-order valence-corrected chi connectivity index (χ2v) is 3.96. The fraction of sp³-hybridized carbons (Fsp3) is 0.385. The van der Waals surface area contributed by atoms with Crippen LogP contribution < -0.4 is 11.1 Å². The van der Waals surface area contributed by atoms with E-state index in [1.54, 1.807) is 32.0 Å². The van der Waals surface area contributed by atoms with Gasteiger partial charge in [0.25, 0.3) is 5.91 Å². The SMILES string of the molecule is CCNC(=O)C(C)OC(=O)c1cccc(N)c1C. The highest BCUT2D eigenvalue weighted by molar-refractivity contribution is 5.94. The summed E-state index contributed by atoms with van der Waals surface area (Å²) in [4.78, 5) is 23.3. The number of carbonyl (C=O) groups is 2. The summed E-state index contributed by atoms with van der Waals surface area (Å²) in [6.07, 6.45) is -0.821. The van der Waals surface area contributed by atoms with Crippen LogP contribution in [0.1, 0.15) is 29.8 Å². The van der Waals surface area contributed by atoms with Gasteiger partial charge in [0.1, 0.15) is 0 Å². The summed E-state index contributed by atoms with van der Waals surface area (Å²) in [6.45, 7) is 5.57. The molecular weight excluding hydrogens is 232 g/mol. The van der Waals surface area contributed by atoms with Gasteiger partial charge in [0.15, 0.2) is 6.10 Å². The fourth-order valence-electron chi connectivity index (χ4n) is 1.47. The van der Waals surface area contributed by atoms with Gasteiger partial charge in [0.05, 0.1) is 5.56 Å². The number of nitrogen functional groups attached to an aromatic ring is 1. The highest BCUT2D eigenvalue weighted by Gasteiger charge is 2.19. The molecule has 1 aromatic rings. The topological polar surface area (TPSA) is 81.4 Å². The monoisotopic (exact) mass is 250 g/mol. The molecule has 1 aromatic carbocycles. The third-order valence-electron chi connectivity index (χ3n) is 2.60. The van der Waals surface area contributed by atoms with E-state index in [1.807, 2.05) is 0 Å². The molecule has 0 spiro atoms. The van der Waals surface area contributed by atoms with Gasteiger partial charge >= 0.3 is 5.97 Å². The van der Waals surface area contributed by atoms with E-state index in [4.69, 9.17) is 10.5 Å². The first-order valence-electron chi connectivity index (χ1n) is 5.81. The first-order valence-corrected chi connectivity index (χ1v) is 5.81. The molecule has 1 atom stereocenters. The molecular formula is C13H18N2O3. The van der Waals surface area contributed by atoms with E-state index in [9.17, 15) is 9.59 Å². The average Bonchev–Trinajstić information content (AvgIpc) is 2.32. The summed E-state index contributed by atoms with van der Waals surface area (Å²) in [5, 5.41) is 2.59. The third-order valence-corrected chi connectivity index (χ3v) is 2.60. The molecule has 0 aliphatic heterocycles. The summed E-state index contributed by atoms with van der Waals surface area (Å²) in [7, 11) is 0. The normalized spacial score (nSPS) is 11.7. The molecule has 1 amide bonds. The standard InChI is InChI=1S/C13H18N2O3/c1-4-15-12(16)9(3)18-13(17)10-6-5-7-11(14)8(10)2/h5-7,9H,4,14H2,1-3H3,(H,15,16). The minimum Gasteiger partial charge on any atom is -0.449 e. The lowest BCUT2D eigenvalue weighted by Crippen LogP contribution is -2.35. The van der Waals surface area contributed by atoms with E-state index < -0.39 is 12.1 Å². The minimum absolute atomic E-state index is 0.313. The van der Waals surface area contributed by atoms with Crippen molar-refractivity contribution >= 4 is 17.6 Å². The number of ether oxygens (including phenoxy) is 1. The van der Waals surface area contributed by atoms with E-state index in [1.165, 1.54) is 6.92 Å². The van der Waals surface area contributed by atoms with Crippen molar-refractivity contribution in [1.29, 1.82) is 0 Å². The van der Waals surface area contributed by atoms with Crippen LogP contribution in [0.5, 0.6) is 0 Å². The van der Waals surface area contributed by atoms with Crippen LogP contribution in [0.25, 0.3) is 0 Å². The average molecular weight is 250 g/mol. The molecule has 98 valence electrons. The van der Waals surface area contributed by atoms with Gasteiger partial charge in [-0.3, -0.25) is 4.79 Å². The van der Waals surface area contributed by atoms with Gasteiger partial charge in [0, 0.05) is 12.2 Å². The Morgan fingerprint density at radius 3 is 2.72 bits per heavy atom. The van der Waals surface area contributed by atoms with Crippen molar-refractivity contribution in [3.05, 3.63) is 29.3 Å². The van der Waals surface area contributed by atoms with Gasteiger partial charge < -0.3 is 15.8 Å². The van der Waals surface area contributed by atoms with Crippen molar-refractivity contribution in [2.24, 2.45) is 0 Å². The van der Waals surface area contributed by atoms with Crippen LogP contribution in [-0.2, 0) is 9.53 Å². The number of esters is 1.